The highest BCUT2D eigenvalue weighted by atomic mass is 35.5. The quantitative estimate of drug-likeness (QED) is 0.658. The third-order valence-corrected chi connectivity index (χ3v) is 2.66. The molecule has 0 unspecified atom stereocenters. The fourth-order valence-electron chi connectivity index (χ4n) is 1.49. The van der Waals surface area contributed by atoms with Crippen LogP contribution >= 0.6 is 11.6 Å². The van der Waals surface area contributed by atoms with Crippen LogP contribution in [0.25, 0.3) is 0 Å². The largest absolute Gasteiger partial charge is 0.295 e. The Morgan fingerprint density at radius 1 is 1.50 bits per heavy atom. The molecular weight excluding hydrogens is 172 g/mol. The number of hydrogen-bond acceptors (Lipinski definition) is 1. The molecule has 2 heteroatoms. The van der Waals surface area contributed by atoms with Crippen LogP contribution in [-0.4, -0.2) is 5.78 Å². The number of hydrogen-bond donors (Lipinski definition) is 0. The van der Waals surface area contributed by atoms with Crippen LogP contribution in [0.5, 0.6) is 0 Å². The van der Waals surface area contributed by atoms with Gasteiger partial charge < -0.3 is 0 Å². The summed E-state index contributed by atoms with van der Waals surface area (Å²) in [5.74, 6) is 0.277. The van der Waals surface area contributed by atoms with E-state index in [9.17, 15) is 4.79 Å². The first-order valence-electron chi connectivity index (χ1n) is 4.66. The van der Waals surface area contributed by atoms with Crippen molar-refractivity contribution in [1.29, 1.82) is 0 Å². The second-order valence-electron chi connectivity index (χ2n) is 3.26. The smallest absolute Gasteiger partial charge is 0.160 e. The van der Waals surface area contributed by atoms with E-state index >= 15 is 0 Å². The van der Waals surface area contributed by atoms with Gasteiger partial charge in [0.15, 0.2) is 5.78 Å². The summed E-state index contributed by atoms with van der Waals surface area (Å²) in [7, 11) is 0. The van der Waals surface area contributed by atoms with Gasteiger partial charge in [-0.15, -0.1) is 0 Å². The highest BCUT2D eigenvalue weighted by Gasteiger charge is 2.18. The minimum Gasteiger partial charge on any atom is -0.295 e. The second kappa shape index (κ2) is 4.66. The molecule has 0 spiro atoms. The maximum absolute atomic E-state index is 11.5. The van der Waals surface area contributed by atoms with Crippen LogP contribution in [0, 0.1) is 0 Å². The molecule has 68 valence electrons. The molecule has 0 bridgehead atoms. The lowest BCUT2D eigenvalue weighted by molar-refractivity contribution is -0.115. The van der Waals surface area contributed by atoms with Gasteiger partial charge in [0.05, 0.1) is 0 Å². The van der Waals surface area contributed by atoms with E-state index in [-0.39, 0.29) is 5.78 Å². The maximum Gasteiger partial charge on any atom is 0.160 e. The van der Waals surface area contributed by atoms with Crippen LogP contribution in [0.4, 0.5) is 0 Å². The summed E-state index contributed by atoms with van der Waals surface area (Å²) in [5, 5.41) is 0.816. The van der Waals surface area contributed by atoms with E-state index in [0.29, 0.717) is 6.42 Å². The lowest BCUT2D eigenvalue weighted by Gasteiger charge is -2.00. The molecule has 0 fully saturated rings. The number of carbonyl (C=O) groups excluding carboxylic acids is 1. The van der Waals surface area contributed by atoms with E-state index in [2.05, 4.69) is 6.92 Å². The fraction of sp³-hybridized carbons (Fsp3) is 0.700. The van der Waals surface area contributed by atoms with Crippen LogP contribution in [0.1, 0.15) is 45.4 Å². The topological polar surface area (TPSA) is 17.1 Å². The van der Waals surface area contributed by atoms with Gasteiger partial charge in [0.1, 0.15) is 0 Å². The molecule has 0 N–H and O–H groups in total. The van der Waals surface area contributed by atoms with Crippen molar-refractivity contribution in [2.45, 2.75) is 45.4 Å². The summed E-state index contributed by atoms with van der Waals surface area (Å²) in [6.07, 6.45) is 5.63. The van der Waals surface area contributed by atoms with Crippen LogP contribution in [0.2, 0.25) is 0 Å². The van der Waals surface area contributed by atoms with E-state index in [1.54, 1.807) is 0 Å². The molecule has 0 heterocycles. The summed E-state index contributed by atoms with van der Waals surface area (Å²) in [4.78, 5) is 11.5. The third-order valence-electron chi connectivity index (χ3n) is 2.24. The summed E-state index contributed by atoms with van der Waals surface area (Å²) in [6, 6.07) is 0. The molecular formula is C10H15ClO. The van der Waals surface area contributed by atoms with Gasteiger partial charge in [0.25, 0.3) is 0 Å². The molecule has 0 amide bonds. The maximum atomic E-state index is 11.5. The molecule has 0 aromatic rings. The molecule has 1 nitrogen and oxygen atoms in total. The van der Waals surface area contributed by atoms with Gasteiger partial charge in [0, 0.05) is 17.0 Å². The SMILES string of the molecule is CCCCC(=O)C1=C(Cl)CCC1. The van der Waals surface area contributed by atoms with Gasteiger partial charge in [-0.3, -0.25) is 4.79 Å². The van der Waals surface area contributed by atoms with Gasteiger partial charge in [-0.2, -0.15) is 0 Å². The first-order chi connectivity index (χ1) is 5.75. The summed E-state index contributed by atoms with van der Waals surface area (Å²) in [6.45, 7) is 2.10. The Kier molecular flexibility index (Phi) is 3.80. The number of carbonyl (C=O) groups is 1. The molecule has 0 saturated carbocycles. The monoisotopic (exact) mass is 186 g/mol. The molecule has 0 aromatic heterocycles. The van der Waals surface area contributed by atoms with Gasteiger partial charge in [-0.25, -0.2) is 0 Å². The van der Waals surface area contributed by atoms with Gasteiger partial charge in [-0.05, 0) is 25.7 Å². The van der Waals surface area contributed by atoms with Crippen molar-refractivity contribution in [2.24, 2.45) is 0 Å². The van der Waals surface area contributed by atoms with Crippen molar-refractivity contribution in [1.82, 2.24) is 0 Å². The van der Waals surface area contributed by atoms with Crippen LogP contribution in [-0.2, 0) is 4.79 Å². The molecule has 0 aliphatic heterocycles. The van der Waals surface area contributed by atoms with E-state index < -0.39 is 0 Å². The Bertz CT molecular complexity index is 206. The summed E-state index contributed by atoms with van der Waals surface area (Å²) >= 11 is 5.91. The first kappa shape index (κ1) is 9.79. The van der Waals surface area contributed by atoms with Crippen molar-refractivity contribution in [3.05, 3.63) is 10.6 Å². The number of halogens is 1. The number of rotatable bonds is 4. The van der Waals surface area contributed by atoms with Gasteiger partial charge in [0.2, 0.25) is 0 Å². The Morgan fingerprint density at radius 2 is 2.25 bits per heavy atom. The Balaban J connectivity index is 2.46. The predicted molar refractivity (Wildman–Crippen MR) is 51.3 cm³/mol. The molecule has 0 radical (unpaired) electrons. The zero-order valence-corrected chi connectivity index (χ0v) is 8.28. The standard InChI is InChI=1S/C10H15ClO/c1-2-3-7-10(12)8-5-4-6-9(8)11/h2-7H2,1H3. The Labute approximate surface area is 78.8 Å². The number of Topliss-reactive ketones (excluding diaryl/α,β-unsaturated/α-hetero) is 1. The zero-order chi connectivity index (χ0) is 8.97. The van der Waals surface area contributed by atoms with Crippen molar-refractivity contribution in [2.75, 3.05) is 0 Å². The van der Waals surface area contributed by atoms with Gasteiger partial charge >= 0.3 is 0 Å². The zero-order valence-electron chi connectivity index (χ0n) is 7.53. The minimum atomic E-state index is 0.277. The highest BCUT2D eigenvalue weighted by Crippen LogP contribution is 2.30. The fourth-order valence-corrected chi connectivity index (χ4v) is 1.82. The van der Waals surface area contributed by atoms with E-state index in [4.69, 9.17) is 11.6 Å². The van der Waals surface area contributed by atoms with Crippen molar-refractivity contribution < 1.29 is 4.79 Å². The molecule has 0 aromatic carbocycles. The van der Waals surface area contributed by atoms with Crippen molar-refractivity contribution in [3.63, 3.8) is 0 Å². The Hall–Kier alpha value is -0.300. The molecule has 1 aliphatic carbocycles. The molecule has 1 aliphatic rings. The molecule has 0 atom stereocenters. The number of ketones is 1. The normalized spacial score (nSPS) is 17.2. The molecule has 1 rings (SSSR count). The average Bonchev–Trinajstić information content (AvgIpc) is 2.47. The highest BCUT2D eigenvalue weighted by molar-refractivity contribution is 6.32. The van der Waals surface area contributed by atoms with Crippen molar-refractivity contribution >= 4 is 17.4 Å². The lowest BCUT2D eigenvalue weighted by Crippen LogP contribution is -2.00. The van der Waals surface area contributed by atoms with E-state index in [1.165, 1.54) is 0 Å². The van der Waals surface area contributed by atoms with Crippen LogP contribution < -0.4 is 0 Å². The average molecular weight is 187 g/mol. The Morgan fingerprint density at radius 3 is 2.75 bits per heavy atom. The summed E-state index contributed by atoms with van der Waals surface area (Å²) < 4.78 is 0. The van der Waals surface area contributed by atoms with E-state index in [0.717, 1.165) is 42.7 Å². The summed E-state index contributed by atoms with van der Waals surface area (Å²) in [5.41, 5.74) is 0.908. The predicted octanol–water partition coefficient (Wildman–Crippen LogP) is 3.42. The number of unbranched alkanes of at least 4 members (excludes halogenated alkanes) is 1. The molecule has 0 saturated heterocycles. The minimum absolute atomic E-state index is 0.277. The third kappa shape index (κ3) is 2.34. The van der Waals surface area contributed by atoms with Crippen LogP contribution in [0.3, 0.4) is 0 Å². The van der Waals surface area contributed by atoms with E-state index in [1.807, 2.05) is 0 Å². The first-order valence-corrected chi connectivity index (χ1v) is 5.04. The number of allylic oxidation sites excluding steroid dienone is 2. The van der Waals surface area contributed by atoms with Gasteiger partial charge in [-0.1, -0.05) is 24.9 Å². The van der Waals surface area contributed by atoms with Crippen LogP contribution in [0.15, 0.2) is 10.6 Å². The second-order valence-corrected chi connectivity index (χ2v) is 3.72. The molecule has 12 heavy (non-hydrogen) atoms. The van der Waals surface area contributed by atoms with Crippen molar-refractivity contribution in [3.8, 4) is 0 Å². The lowest BCUT2D eigenvalue weighted by atomic mass is 10.1.